The molecule has 4 amide bonds. The number of nitrogens with zero attached hydrogens (tertiary/aromatic N) is 3. The first kappa shape index (κ1) is 26.6. The average Bonchev–Trinajstić information content (AvgIpc) is 3.12. The maximum Gasteiger partial charge on any atom is 0.325 e. The van der Waals surface area contributed by atoms with Crippen LogP contribution in [0.25, 0.3) is 0 Å². The highest BCUT2D eigenvalue weighted by atomic mass is 32.2. The van der Waals surface area contributed by atoms with Crippen LogP contribution >= 0.6 is 0 Å². The molecule has 2 aromatic carbocycles. The predicted octanol–water partition coefficient (Wildman–Crippen LogP) is 2.12. The molecule has 2 aliphatic heterocycles. The molecule has 0 spiro atoms. The molecule has 0 saturated carbocycles. The molecule has 4 rings (SSSR count). The fourth-order valence-electron chi connectivity index (χ4n) is 4.55. The number of urea groups is 1. The molecule has 1 N–H and O–H groups in total. The van der Waals surface area contributed by atoms with Crippen molar-refractivity contribution >= 4 is 27.9 Å². The summed E-state index contributed by atoms with van der Waals surface area (Å²) >= 11 is 0. The van der Waals surface area contributed by atoms with Gasteiger partial charge in [0.05, 0.1) is 12.0 Å². The fourth-order valence-corrected chi connectivity index (χ4v) is 5.97. The molecule has 2 heterocycles. The quantitative estimate of drug-likeness (QED) is 0.551. The summed E-state index contributed by atoms with van der Waals surface area (Å²) in [5.74, 6) is -0.0247. The van der Waals surface area contributed by atoms with Crippen molar-refractivity contribution in [2.24, 2.45) is 0 Å². The molecule has 0 unspecified atom stereocenters. The third-order valence-electron chi connectivity index (χ3n) is 7.01. The lowest BCUT2D eigenvalue weighted by molar-refractivity contribution is -0.139. The molecular formula is C26H32N4O6S. The monoisotopic (exact) mass is 528 g/mol. The minimum atomic E-state index is -3.72. The van der Waals surface area contributed by atoms with Gasteiger partial charge in [-0.3, -0.25) is 14.5 Å². The van der Waals surface area contributed by atoms with Crippen LogP contribution < -0.4 is 10.1 Å². The highest BCUT2D eigenvalue weighted by Gasteiger charge is 2.49. The van der Waals surface area contributed by atoms with Crippen LogP contribution in [0.5, 0.6) is 5.75 Å². The van der Waals surface area contributed by atoms with Crippen molar-refractivity contribution in [1.29, 1.82) is 0 Å². The van der Waals surface area contributed by atoms with Crippen LogP contribution in [0.15, 0.2) is 53.4 Å². The number of piperazine rings is 1. The van der Waals surface area contributed by atoms with E-state index >= 15 is 0 Å². The number of carbonyl (C=O) groups is 3. The number of sulfonamides is 1. The van der Waals surface area contributed by atoms with E-state index in [0.29, 0.717) is 17.2 Å². The predicted molar refractivity (Wildman–Crippen MR) is 136 cm³/mol. The summed E-state index contributed by atoms with van der Waals surface area (Å²) in [6.45, 7) is 5.90. The molecule has 0 aliphatic carbocycles. The second-order valence-electron chi connectivity index (χ2n) is 9.68. The van der Waals surface area contributed by atoms with Crippen molar-refractivity contribution in [2.75, 3.05) is 39.8 Å². The summed E-state index contributed by atoms with van der Waals surface area (Å²) < 4.78 is 32.3. The number of nitrogens with one attached hydrogen (secondary N) is 1. The third kappa shape index (κ3) is 5.05. The minimum Gasteiger partial charge on any atom is -0.497 e. The van der Waals surface area contributed by atoms with Crippen molar-refractivity contribution < 1.29 is 27.5 Å². The summed E-state index contributed by atoms with van der Waals surface area (Å²) in [7, 11) is -2.22. The van der Waals surface area contributed by atoms with Gasteiger partial charge in [-0.1, -0.05) is 38.1 Å². The zero-order valence-corrected chi connectivity index (χ0v) is 22.2. The molecule has 198 valence electrons. The van der Waals surface area contributed by atoms with Crippen LogP contribution in [0.2, 0.25) is 0 Å². The topological polar surface area (TPSA) is 116 Å². The lowest BCUT2D eigenvalue weighted by Crippen LogP contribution is -2.53. The highest BCUT2D eigenvalue weighted by molar-refractivity contribution is 7.89. The van der Waals surface area contributed by atoms with Gasteiger partial charge in [-0.25, -0.2) is 13.2 Å². The van der Waals surface area contributed by atoms with Crippen molar-refractivity contribution in [3.8, 4) is 5.75 Å². The van der Waals surface area contributed by atoms with Gasteiger partial charge in [0, 0.05) is 26.2 Å². The lowest BCUT2D eigenvalue weighted by Gasteiger charge is -2.34. The van der Waals surface area contributed by atoms with E-state index in [1.807, 2.05) is 24.3 Å². The Kier molecular flexibility index (Phi) is 7.29. The number of imide groups is 1. The molecule has 2 fully saturated rings. The normalized spacial score (nSPS) is 20.9. The fraction of sp³-hybridized carbons (Fsp3) is 0.423. The van der Waals surface area contributed by atoms with Gasteiger partial charge in [0.1, 0.15) is 17.8 Å². The van der Waals surface area contributed by atoms with E-state index < -0.39 is 40.0 Å². The van der Waals surface area contributed by atoms with Crippen LogP contribution in [-0.4, -0.2) is 80.2 Å². The Balaban J connectivity index is 1.38. The first-order valence-electron chi connectivity index (χ1n) is 12.1. The van der Waals surface area contributed by atoms with Crippen molar-refractivity contribution in [3.05, 3.63) is 59.7 Å². The molecule has 11 heteroatoms. The number of hydrogen-bond donors (Lipinski definition) is 1. The smallest absolute Gasteiger partial charge is 0.325 e. The molecule has 37 heavy (non-hydrogen) atoms. The number of rotatable bonds is 7. The second kappa shape index (κ2) is 10.1. The maximum absolute atomic E-state index is 13.2. The van der Waals surface area contributed by atoms with Gasteiger partial charge in [-0.05, 0) is 48.2 Å². The van der Waals surface area contributed by atoms with Crippen molar-refractivity contribution in [2.45, 2.75) is 37.1 Å². The van der Waals surface area contributed by atoms with E-state index in [1.54, 1.807) is 19.1 Å². The van der Waals surface area contributed by atoms with Crippen LogP contribution in [0.1, 0.15) is 37.8 Å². The van der Waals surface area contributed by atoms with Gasteiger partial charge in [-0.2, -0.15) is 4.31 Å². The van der Waals surface area contributed by atoms with Crippen molar-refractivity contribution in [1.82, 2.24) is 19.4 Å². The van der Waals surface area contributed by atoms with Crippen LogP contribution in [0.3, 0.4) is 0 Å². The van der Waals surface area contributed by atoms with E-state index in [4.69, 9.17) is 4.74 Å². The molecule has 2 aromatic rings. The van der Waals surface area contributed by atoms with Gasteiger partial charge in [0.25, 0.3) is 5.91 Å². The molecule has 0 aromatic heterocycles. The maximum atomic E-state index is 13.2. The molecule has 10 nitrogen and oxygen atoms in total. The third-order valence-corrected chi connectivity index (χ3v) is 8.92. The van der Waals surface area contributed by atoms with E-state index in [9.17, 15) is 22.8 Å². The zero-order chi connectivity index (χ0) is 27.0. The Hall–Kier alpha value is -3.44. The molecular weight excluding hydrogens is 496 g/mol. The first-order chi connectivity index (χ1) is 17.5. The summed E-state index contributed by atoms with van der Waals surface area (Å²) in [4.78, 5) is 41.5. The number of ether oxygens (including phenoxy) is 1. The van der Waals surface area contributed by atoms with Crippen LogP contribution in [-0.2, 0) is 25.2 Å². The Morgan fingerprint density at radius 2 is 1.59 bits per heavy atom. The number of methoxy groups -OCH3 is 1. The second-order valence-corrected chi connectivity index (χ2v) is 11.6. The van der Waals surface area contributed by atoms with Gasteiger partial charge in [0.2, 0.25) is 15.9 Å². The SMILES string of the molecule is COc1ccc(S(=O)(=O)N2CCN(C(=O)CN3C(=O)N[C@@](C)(c4ccc(C(C)C)cc4)C3=O)CC2)cc1. The van der Waals surface area contributed by atoms with Gasteiger partial charge < -0.3 is 15.0 Å². The number of amides is 4. The first-order valence-corrected chi connectivity index (χ1v) is 13.6. The number of benzene rings is 2. The largest absolute Gasteiger partial charge is 0.497 e. The van der Waals surface area contributed by atoms with E-state index in [0.717, 1.165) is 10.5 Å². The van der Waals surface area contributed by atoms with Gasteiger partial charge in [0.15, 0.2) is 0 Å². The Morgan fingerprint density at radius 3 is 2.14 bits per heavy atom. The van der Waals surface area contributed by atoms with Gasteiger partial charge in [-0.15, -0.1) is 0 Å². The van der Waals surface area contributed by atoms with Crippen molar-refractivity contribution in [3.63, 3.8) is 0 Å². The Bertz CT molecular complexity index is 1290. The van der Waals surface area contributed by atoms with E-state index in [2.05, 4.69) is 19.2 Å². The van der Waals surface area contributed by atoms with Crippen LogP contribution in [0.4, 0.5) is 4.79 Å². The summed E-state index contributed by atoms with van der Waals surface area (Å²) in [5, 5.41) is 2.73. The average molecular weight is 529 g/mol. The van der Waals surface area contributed by atoms with E-state index in [1.165, 1.54) is 28.4 Å². The molecule has 2 aliphatic rings. The lowest BCUT2D eigenvalue weighted by atomic mass is 9.90. The Morgan fingerprint density at radius 1 is 1.00 bits per heavy atom. The molecule has 0 bridgehead atoms. The highest BCUT2D eigenvalue weighted by Crippen LogP contribution is 2.30. The van der Waals surface area contributed by atoms with Gasteiger partial charge >= 0.3 is 6.03 Å². The number of carbonyl (C=O) groups excluding carboxylic acids is 3. The zero-order valence-electron chi connectivity index (χ0n) is 21.4. The molecule has 2 saturated heterocycles. The standard InChI is InChI=1S/C26H32N4O6S/c1-18(2)19-5-7-20(8-6-19)26(3)24(32)30(25(33)27-26)17-23(31)28-13-15-29(16-14-28)37(34,35)22-11-9-21(36-4)10-12-22/h5-12,18H,13-17H2,1-4H3,(H,27,33)/t26-/m0/s1. The minimum absolute atomic E-state index is 0.111. The summed E-state index contributed by atoms with van der Waals surface area (Å²) in [5.41, 5.74) is 0.490. The summed E-state index contributed by atoms with van der Waals surface area (Å²) in [6, 6.07) is 13.0. The molecule has 0 radical (unpaired) electrons. The summed E-state index contributed by atoms with van der Waals surface area (Å²) in [6.07, 6.45) is 0. The van der Waals surface area contributed by atoms with Crippen LogP contribution in [0, 0.1) is 0 Å². The van der Waals surface area contributed by atoms with E-state index in [-0.39, 0.29) is 31.1 Å². The molecule has 1 atom stereocenters. The Labute approximate surface area is 217 Å². The number of hydrogen-bond acceptors (Lipinski definition) is 6.